The van der Waals surface area contributed by atoms with Crippen molar-refractivity contribution < 1.29 is 18.7 Å². The summed E-state index contributed by atoms with van der Waals surface area (Å²) in [7, 11) is 1.36. The number of methoxy groups -OCH3 is 1. The topological polar surface area (TPSA) is 73.3 Å². The van der Waals surface area contributed by atoms with Gasteiger partial charge in [-0.25, -0.2) is 14.4 Å². The van der Waals surface area contributed by atoms with Gasteiger partial charge in [0.1, 0.15) is 5.75 Å². The van der Waals surface area contributed by atoms with E-state index in [4.69, 9.17) is 9.47 Å². The van der Waals surface area contributed by atoms with Crippen LogP contribution < -0.4 is 14.8 Å². The van der Waals surface area contributed by atoms with Crippen molar-refractivity contribution in [2.75, 3.05) is 12.4 Å². The van der Waals surface area contributed by atoms with E-state index in [0.29, 0.717) is 11.4 Å². The van der Waals surface area contributed by atoms with Crippen LogP contribution >= 0.6 is 0 Å². The third-order valence-electron chi connectivity index (χ3n) is 3.28. The number of anilines is 1. The number of nitrogens with one attached hydrogen (secondary N) is 1. The number of hydrogen-bond acceptors (Lipinski definition) is 5. The Morgan fingerprint density at radius 1 is 1.08 bits per heavy atom. The molecule has 0 saturated heterocycles. The lowest BCUT2D eigenvalue weighted by Crippen LogP contribution is -2.12. The molecule has 0 spiro atoms. The Hall–Kier alpha value is -3.48. The SMILES string of the molecule is COc1ccc(C(=O)Nc2ccc(Oc3ncccn3)cc2)cc1F. The largest absolute Gasteiger partial charge is 0.494 e. The molecule has 1 heterocycles. The smallest absolute Gasteiger partial charge is 0.321 e. The predicted octanol–water partition coefficient (Wildman–Crippen LogP) is 3.67. The summed E-state index contributed by atoms with van der Waals surface area (Å²) >= 11 is 0. The molecule has 6 nitrogen and oxygen atoms in total. The van der Waals surface area contributed by atoms with Gasteiger partial charge in [0.2, 0.25) is 0 Å². The molecule has 1 N–H and O–H groups in total. The van der Waals surface area contributed by atoms with Gasteiger partial charge in [0.15, 0.2) is 11.6 Å². The van der Waals surface area contributed by atoms with Gasteiger partial charge in [0.05, 0.1) is 7.11 Å². The Labute approximate surface area is 143 Å². The first kappa shape index (κ1) is 16.4. The Morgan fingerprint density at radius 2 is 1.80 bits per heavy atom. The van der Waals surface area contributed by atoms with Gasteiger partial charge in [0.25, 0.3) is 5.91 Å². The van der Waals surface area contributed by atoms with Crippen LogP contribution in [-0.4, -0.2) is 23.0 Å². The second kappa shape index (κ2) is 7.39. The summed E-state index contributed by atoms with van der Waals surface area (Å²) in [6, 6.07) is 12.6. The molecule has 0 aliphatic heterocycles. The van der Waals surface area contributed by atoms with Gasteiger partial charge in [-0.2, -0.15) is 0 Å². The maximum atomic E-state index is 13.7. The highest BCUT2D eigenvalue weighted by molar-refractivity contribution is 6.04. The number of amides is 1. The zero-order valence-corrected chi connectivity index (χ0v) is 13.3. The lowest BCUT2D eigenvalue weighted by molar-refractivity contribution is 0.102. The number of benzene rings is 2. The molecule has 3 aromatic rings. The van der Waals surface area contributed by atoms with Crippen molar-refractivity contribution in [2.45, 2.75) is 0 Å². The maximum Gasteiger partial charge on any atom is 0.321 e. The predicted molar refractivity (Wildman–Crippen MR) is 89.5 cm³/mol. The monoisotopic (exact) mass is 339 g/mol. The van der Waals surface area contributed by atoms with Crippen LogP contribution in [0.4, 0.5) is 10.1 Å². The highest BCUT2D eigenvalue weighted by atomic mass is 19.1. The fourth-order valence-corrected chi connectivity index (χ4v) is 2.06. The van der Waals surface area contributed by atoms with E-state index >= 15 is 0 Å². The first-order valence-electron chi connectivity index (χ1n) is 7.35. The van der Waals surface area contributed by atoms with Gasteiger partial charge in [-0.15, -0.1) is 0 Å². The number of nitrogens with zero attached hydrogens (tertiary/aromatic N) is 2. The second-order valence-electron chi connectivity index (χ2n) is 4.96. The first-order chi connectivity index (χ1) is 12.2. The minimum absolute atomic E-state index is 0.0844. The van der Waals surface area contributed by atoms with Crippen molar-refractivity contribution in [3.05, 3.63) is 72.3 Å². The van der Waals surface area contributed by atoms with Crippen molar-refractivity contribution in [3.8, 4) is 17.5 Å². The van der Waals surface area contributed by atoms with Crippen LogP contribution in [0.2, 0.25) is 0 Å². The summed E-state index contributed by atoms with van der Waals surface area (Å²) in [5.41, 5.74) is 0.735. The Balaban J connectivity index is 1.66. The molecule has 0 atom stereocenters. The van der Waals surface area contributed by atoms with Crippen LogP contribution in [0.5, 0.6) is 17.5 Å². The summed E-state index contributed by atoms with van der Waals surface area (Å²) < 4.78 is 24.0. The van der Waals surface area contributed by atoms with Crippen LogP contribution in [0.25, 0.3) is 0 Å². The minimum atomic E-state index is -0.596. The zero-order valence-electron chi connectivity index (χ0n) is 13.3. The normalized spacial score (nSPS) is 10.2. The van der Waals surface area contributed by atoms with E-state index in [0.717, 1.165) is 6.07 Å². The number of aromatic nitrogens is 2. The van der Waals surface area contributed by atoms with Crippen LogP contribution in [-0.2, 0) is 0 Å². The molecule has 0 radical (unpaired) electrons. The van der Waals surface area contributed by atoms with Gasteiger partial charge in [-0.3, -0.25) is 4.79 Å². The molecule has 0 bridgehead atoms. The number of rotatable bonds is 5. The second-order valence-corrected chi connectivity index (χ2v) is 4.96. The highest BCUT2D eigenvalue weighted by Crippen LogP contribution is 2.21. The summed E-state index contributed by atoms with van der Waals surface area (Å²) in [5, 5.41) is 2.68. The molecule has 0 aliphatic rings. The molecule has 0 saturated carbocycles. The van der Waals surface area contributed by atoms with E-state index in [1.165, 1.54) is 19.2 Å². The Bertz CT molecular complexity index is 870. The average molecular weight is 339 g/mol. The lowest BCUT2D eigenvalue weighted by Gasteiger charge is -2.08. The standard InChI is InChI=1S/C18H14FN3O3/c1-24-16-8-3-12(11-15(16)19)17(23)22-13-4-6-14(7-5-13)25-18-20-9-2-10-21-18/h2-11H,1H3,(H,22,23). The molecule has 25 heavy (non-hydrogen) atoms. The fraction of sp³-hybridized carbons (Fsp3) is 0.0556. The number of hydrogen-bond donors (Lipinski definition) is 1. The molecule has 126 valence electrons. The van der Waals surface area contributed by atoms with Crippen LogP contribution in [0.1, 0.15) is 10.4 Å². The van der Waals surface area contributed by atoms with E-state index in [2.05, 4.69) is 15.3 Å². The molecule has 0 aliphatic carbocycles. The summed E-state index contributed by atoms with van der Waals surface area (Å²) in [5.74, 6) is -0.413. The average Bonchev–Trinajstić information content (AvgIpc) is 2.64. The molecule has 2 aromatic carbocycles. The van der Waals surface area contributed by atoms with Crippen molar-refractivity contribution in [1.29, 1.82) is 0 Å². The Morgan fingerprint density at radius 3 is 2.44 bits per heavy atom. The quantitative estimate of drug-likeness (QED) is 0.768. The summed E-state index contributed by atoms with van der Waals surface area (Å²) in [6.07, 6.45) is 3.15. The number of carbonyl (C=O) groups is 1. The van der Waals surface area contributed by atoms with Crippen molar-refractivity contribution >= 4 is 11.6 Å². The first-order valence-corrected chi connectivity index (χ1v) is 7.35. The highest BCUT2D eigenvalue weighted by Gasteiger charge is 2.10. The zero-order chi connectivity index (χ0) is 17.6. The van der Waals surface area contributed by atoms with E-state index in [1.807, 2.05) is 0 Å². The summed E-state index contributed by atoms with van der Waals surface area (Å²) in [6.45, 7) is 0. The fourth-order valence-electron chi connectivity index (χ4n) is 2.06. The molecule has 1 aromatic heterocycles. The maximum absolute atomic E-state index is 13.7. The van der Waals surface area contributed by atoms with E-state index in [-0.39, 0.29) is 17.3 Å². The third kappa shape index (κ3) is 4.08. The minimum Gasteiger partial charge on any atom is -0.494 e. The van der Waals surface area contributed by atoms with Gasteiger partial charge in [-0.1, -0.05) is 0 Å². The van der Waals surface area contributed by atoms with Crippen LogP contribution in [0, 0.1) is 5.82 Å². The third-order valence-corrected chi connectivity index (χ3v) is 3.28. The number of ether oxygens (including phenoxy) is 2. The van der Waals surface area contributed by atoms with Crippen molar-refractivity contribution in [1.82, 2.24) is 9.97 Å². The van der Waals surface area contributed by atoms with Gasteiger partial charge >= 0.3 is 6.01 Å². The van der Waals surface area contributed by atoms with Crippen molar-refractivity contribution in [3.63, 3.8) is 0 Å². The molecule has 3 rings (SSSR count). The molecule has 0 unspecified atom stereocenters. The van der Waals surface area contributed by atoms with Crippen LogP contribution in [0.15, 0.2) is 60.9 Å². The van der Waals surface area contributed by atoms with Gasteiger partial charge in [-0.05, 0) is 48.5 Å². The molecule has 0 fully saturated rings. The number of halogens is 1. The molecular formula is C18H14FN3O3. The van der Waals surface area contributed by atoms with Gasteiger partial charge in [0, 0.05) is 23.6 Å². The number of carbonyl (C=O) groups excluding carboxylic acids is 1. The van der Waals surface area contributed by atoms with E-state index in [9.17, 15) is 9.18 Å². The van der Waals surface area contributed by atoms with Crippen LogP contribution in [0.3, 0.4) is 0 Å². The lowest BCUT2D eigenvalue weighted by atomic mass is 10.2. The van der Waals surface area contributed by atoms with E-state index in [1.54, 1.807) is 42.7 Å². The molecule has 1 amide bonds. The molecule has 7 heteroatoms. The molecular weight excluding hydrogens is 325 g/mol. The summed E-state index contributed by atoms with van der Waals surface area (Å²) in [4.78, 5) is 20.1. The van der Waals surface area contributed by atoms with Crippen molar-refractivity contribution in [2.24, 2.45) is 0 Å². The van der Waals surface area contributed by atoms with E-state index < -0.39 is 11.7 Å². The van der Waals surface area contributed by atoms with Gasteiger partial charge < -0.3 is 14.8 Å². The Kier molecular flexibility index (Phi) is 4.84.